The van der Waals surface area contributed by atoms with E-state index in [1.54, 1.807) is 0 Å². The van der Waals surface area contributed by atoms with Gasteiger partial charge in [-0.3, -0.25) is 4.79 Å². The molecule has 0 unspecified atom stereocenters. The van der Waals surface area contributed by atoms with Gasteiger partial charge in [-0.15, -0.1) is 0 Å². The molecule has 1 amide bonds. The third-order valence-corrected chi connectivity index (χ3v) is 4.39. The Morgan fingerprint density at radius 1 is 1.56 bits per heavy atom. The van der Waals surface area contributed by atoms with Crippen LogP contribution in [0.15, 0.2) is 22.7 Å². The highest BCUT2D eigenvalue weighted by Gasteiger charge is 2.48. The predicted molar refractivity (Wildman–Crippen MR) is 69.8 cm³/mol. The standard InChI is InChI=1S/C13H15BrFNO2/c1-13(2)10(6-11(13)17)16-12(18)8-5-7(15)3-4-9(8)14/h3-5,10-11,17H,6H2,1-2H3,(H,16,18)/t10-,11+/m0/s1. The summed E-state index contributed by atoms with van der Waals surface area (Å²) in [4.78, 5) is 12.0. The summed E-state index contributed by atoms with van der Waals surface area (Å²) in [5, 5.41) is 12.4. The number of benzene rings is 1. The Morgan fingerprint density at radius 2 is 2.22 bits per heavy atom. The van der Waals surface area contributed by atoms with Crippen LogP contribution in [0.2, 0.25) is 0 Å². The normalized spacial score (nSPS) is 25.4. The monoisotopic (exact) mass is 315 g/mol. The minimum Gasteiger partial charge on any atom is -0.392 e. The van der Waals surface area contributed by atoms with E-state index in [4.69, 9.17) is 0 Å². The molecule has 0 radical (unpaired) electrons. The molecule has 0 aliphatic heterocycles. The lowest BCUT2D eigenvalue weighted by Crippen LogP contribution is -2.61. The van der Waals surface area contributed by atoms with E-state index in [0.717, 1.165) is 0 Å². The quantitative estimate of drug-likeness (QED) is 0.881. The predicted octanol–water partition coefficient (Wildman–Crippen LogP) is 2.48. The molecule has 1 aromatic carbocycles. The van der Waals surface area contributed by atoms with Gasteiger partial charge in [-0.05, 0) is 40.5 Å². The summed E-state index contributed by atoms with van der Waals surface area (Å²) in [5.41, 5.74) is -0.0673. The van der Waals surface area contributed by atoms with Gasteiger partial charge in [-0.2, -0.15) is 0 Å². The first kappa shape index (κ1) is 13.5. The smallest absolute Gasteiger partial charge is 0.252 e. The van der Waals surface area contributed by atoms with Crippen LogP contribution in [0.4, 0.5) is 4.39 Å². The van der Waals surface area contributed by atoms with E-state index >= 15 is 0 Å². The summed E-state index contributed by atoms with van der Waals surface area (Å²) >= 11 is 3.22. The molecule has 0 aromatic heterocycles. The van der Waals surface area contributed by atoms with Crippen LogP contribution in [0.3, 0.4) is 0 Å². The molecule has 0 saturated heterocycles. The first-order valence-electron chi connectivity index (χ1n) is 5.76. The zero-order valence-corrected chi connectivity index (χ0v) is 11.8. The molecule has 1 saturated carbocycles. The van der Waals surface area contributed by atoms with Gasteiger partial charge in [-0.25, -0.2) is 4.39 Å². The van der Waals surface area contributed by atoms with Crippen LogP contribution in [0, 0.1) is 11.2 Å². The summed E-state index contributed by atoms with van der Waals surface area (Å²) in [6.45, 7) is 3.79. The number of hydrogen-bond acceptors (Lipinski definition) is 2. The lowest BCUT2D eigenvalue weighted by atomic mass is 9.64. The van der Waals surface area contributed by atoms with Crippen LogP contribution in [-0.2, 0) is 0 Å². The van der Waals surface area contributed by atoms with Gasteiger partial charge in [0.15, 0.2) is 0 Å². The highest BCUT2D eigenvalue weighted by atomic mass is 79.9. The third kappa shape index (κ3) is 2.29. The first-order chi connectivity index (χ1) is 8.32. The van der Waals surface area contributed by atoms with Gasteiger partial charge >= 0.3 is 0 Å². The van der Waals surface area contributed by atoms with Crippen LogP contribution in [-0.4, -0.2) is 23.2 Å². The minimum absolute atomic E-state index is 0.0878. The topological polar surface area (TPSA) is 49.3 Å². The Hall–Kier alpha value is -0.940. The molecule has 5 heteroatoms. The van der Waals surface area contributed by atoms with Crippen molar-refractivity contribution in [3.8, 4) is 0 Å². The molecule has 2 rings (SSSR count). The number of aliphatic hydroxyl groups excluding tert-OH is 1. The molecular weight excluding hydrogens is 301 g/mol. The highest BCUT2D eigenvalue weighted by molar-refractivity contribution is 9.10. The summed E-state index contributed by atoms with van der Waals surface area (Å²) in [6, 6.07) is 3.90. The van der Waals surface area contributed by atoms with E-state index in [2.05, 4.69) is 21.2 Å². The molecule has 0 spiro atoms. The maximum atomic E-state index is 13.1. The number of aliphatic hydroxyl groups is 1. The van der Waals surface area contributed by atoms with Gasteiger partial charge in [-0.1, -0.05) is 13.8 Å². The molecule has 2 N–H and O–H groups in total. The Balaban J connectivity index is 2.12. The fourth-order valence-corrected chi connectivity index (χ4v) is 2.48. The SMILES string of the molecule is CC1(C)[C@H](O)C[C@@H]1NC(=O)c1cc(F)ccc1Br. The molecule has 0 heterocycles. The second-order valence-electron chi connectivity index (χ2n) is 5.22. The van der Waals surface area contributed by atoms with Gasteiger partial charge in [0.05, 0.1) is 11.7 Å². The fourth-order valence-electron chi connectivity index (χ4n) is 2.05. The van der Waals surface area contributed by atoms with Crippen molar-refractivity contribution in [3.63, 3.8) is 0 Å². The lowest BCUT2D eigenvalue weighted by Gasteiger charge is -2.49. The molecule has 18 heavy (non-hydrogen) atoms. The largest absolute Gasteiger partial charge is 0.392 e. The van der Waals surface area contributed by atoms with E-state index in [0.29, 0.717) is 10.9 Å². The zero-order valence-electron chi connectivity index (χ0n) is 10.2. The number of rotatable bonds is 2. The van der Waals surface area contributed by atoms with Crippen LogP contribution < -0.4 is 5.32 Å². The second-order valence-corrected chi connectivity index (χ2v) is 6.08. The minimum atomic E-state index is -0.448. The second kappa shape index (κ2) is 4.63. The summed E-state index contributed by atoms with van der Waals surface area (Å²) in [5.74, 6) is -0.775. The molecule has 2 atom stereocenters. The highest BCUT2D eigenvalue weighted by Crippen LogP contribution is 2.40. The molecule has 1 aromatic rings. The van der Waals surface area contributed by atoms with Crippen molar-refractivity contribution >= 4 is 21.8 Å². The van der Waals surface area contributed by atoms with E-state index in [1.165, 1.54) is 18.2 Å². The average Bonchev–Trinajstić information content (AvgIpc) is 2.31. The number of amides is 1. The first-order valence-corrected chi connectivity index (χ1v) is 6.55. The number of nitrogens with one attached hydrogen (secondary N) is 1. The lowest BCUT2D eigenvalue weighted by molar-refractivity contribution is -0.0689. The molecule has 1 fully saturated rings. The summed E-state index contributed by atoms with van der Waals surface area (Å²) in [6.07, 6.45) is 0.129. The van der Waals surface area contributed by atoms with Crippen molar-refractivity contribution in [2.24, 2.45) is 5.41 Å². The Morgan fingerprint density at radius 3 is 2.78 bits per heavy atom. The Labute approximate surface area is 114 Å². The maximum Gasteiger partial charge on any atom is 0.252 e. The van der Waals surface area contributed by atoms with Crippen LogP contribution in [0.25, 0.3) is 0 Å². The van der Waals surface area contributed by atoms with Crippen molar-refractivity contribution in [1.29, 1.82) is 0 Å². The molecule has 3 nitrogen and oxygen atoms in total. The number of carbonyl (C=O) groups excluding carboxylic acids is 1. The number of carbonyl (C=O) groups is 1. The van der Waals surface area contributed by atoms with Gasteiger partial charge in [0.1, 0.15) is 5.82 Å². The van der Waals surface area contributed by atoms with Crippen molar-refractivity contribution in [2.75, 3.05) is 0 Å². The molecule has 0 bridgehead atoms. The molecule has 1 aliphatic carbocycles. The summed E-state index contributed by atoms with van der Waals surface area (Å²) in [7, 11) is 0. The van der Waals surface area contributed by atoms with E-state index in [9.17, 15) is 14.3 Å². The van der Waals surface area contributed by atoms with Crippen LogP contribution >= 0.6 is 15.9 Å². The van der Waals surface area contributed by atoms with Gasteiger partial charge < -0.3 is 10.4 Å². The Kier molecular flexibility index (Phi) is 3.47. The Bertz CT molecular complexity index is 490. The van der Waals surface area contributed by atoms with Gasteiger partial charge in [0.2, 0.25) is 0 Å². The van der Waals surface area contributed by atoms with Crippen molar-refractivity contribution in [1.82, 2.24) is 5.32 Å². The maximum absolute atomic E-state index is 13.1. The third-order valence-electron chi connectivity index (χ3n) is 3.69. The molecular formula is C13H15BrFNO2. The van der Waals surface area contributed by atoms with E-state index < -0.39 is 11.9 Å². The van der Waals surface area contributed by atoms with Crippen molar-refractivity contribution in [2.45, 2.75) is 32.4 Å². The number of hydrogen-bond donors (Lipinski definition) is 2. The number of halogens is 2. The average molecular weight is 316 g/mol. The molecule has 1 aliphatic rings. The fraction of sp³-hybridized carbons (Fsp3) is 0.462. The van der Waals surface area contributed by atoms with Crippen LogP contribution in [0.5, 0.6) is 0 Å². The van der Waals surface area contributed by atoms with E-state index in [1.807, 2.05) is 13.8 Å². The summed E-state index contributed by atoms with van der Waals surface area (Å²) < 4.78 is 13.7. The van der Waals surface area contributed by atoms with Crippen molar-refractivity contribution < 1.29 is 14.3 Å². The van der Waals surface area contributed by atoms with Gasteiger partial charge in [0.25, 0.3) is 5.91 Å². The van der Waals surface area contributed by atoms with Crippen molar-refractivity contribution in [3.05, 3.63) is 34.1 Å². The molecule has 98 valence electrons. The van der Waals surface area contributed by atoms with E-state index in [-0.39, 0.29) is 22.9 Å². The van der Waals surface area contributed by atoms with Gasteiger partial charge in [0, 0.05) is 15.9 Å². The zero-order chi connectivity index (χ0) is 13.5. The van der Waals surface area contributed by atoms with Crippen LogP contribution in [0.1, 0.15) is 30.6 Å².